The summed E-state index contributed by atoms with van der Waals surface area (Å²) in [5, 5.41) is 7.54. The minimum Gasteiger partial charge on any atom is -0.489 e. The Labute approximate surface area is 196 Å². The summed E-state index contributed by atoms with van der Waals surface area (Å²) < 4.78 is 5.72. The van der Waals surface area contributed by atoms with E-state index in [2.05, 4.69) is 15.8 Å². The van der Waals surface area contributed by atoms with Gasteiger partial charge in [-0.3, -0.25) is 9.59 Å². The number of ether oxygens (including phenoxy) is 1. The minimum absolute atomic E-state index is 0.235. The molecule has 0 heterocycles. The van der Waals surface area contributed by atoms with Crippen molar-refractivity contribution in [1.82, 2.24) is 10.7 Å². The third-order valence-corrected chi connectivity index (χ3v) is 5.27. The molecular formula is C24H21Cl2N3O3. The lowest BCUT2D eigenvalue weighted by molar-refractivity contribution is -0.139. The van der Waals surface area contributed by atoms with Crippen molar-refractivity contribution in [3.05, 3.63) is 99.5 Å². The lowest BCUT2D eigenvalue weighted by atomic mass is 10.1. The largest absolute Gasteiger partial charge is 0.489 e. The first-order chi connectivity index (χ1) is 15.4. The number of amides is 2. The second-order valence-electron chi connectivity index (χ2n) is 6.86. The van der Waals surface area contributed by atoms with Gasteiger partial charge in [0, 0.05) is 15.6 Å². The molecule has 2 N–H and O–H groups in total. The third kappa shape index (κ3) is 6.57. The Bertz CT molecular complexity index is 1080. The normalized spacial score (nSPS) is 11.7. The summed E-state index contributed by atoms with van der Waals surface area (Å²) in [6.07, 6.45) is 1.43. The Morgan fingerprint density at radius 1 is 0.938 bits per heavy atom. The fraction of sp³-hybridized carbons (Fsp3) is 0.125. The first kappa shape index (κ1) is 23.3. The van der Waals surface area contributed by atoms with E-state index >= 15 is 0 Å². The van der Waals surface area contributed by atoms with Crippen molar-refractivity contribution in [2.24, 2.45) is 5.10 Å². The number of nitrogens with one attached hydrogen (secondary N) is 2. The van der Waals surface area contributed by atoms with Gasteiger partial charge in [-0.15, -0.1) is 0 Å². The van der Waals surface area contributed by atoms with Crippen LogP contribution in [0, 0.1) is 0 Å². The average molecular weight is 470 g/mol. The molecular weight excluding hydrogens is 449 g/mol. The molecule has 164 valence electrons. The van der Waals surface area contributed by atoms with E-state index in [1.165, 1.54) is 6.21 Å². The number of carbonyl (C=O) groups excluding carboxylic acids is 2. The molecule has 8 heteroatoms. The van der Waals surface area contributed by atoms with Crippen LogP contribution in [0.25, 0.3) is 0 Å². The number of hydrogen-bond acceptors (Lipinski definition) is 4. The topological polar surface area (TPSA) is 79.8 Å². The molecule has 2 amide bonds. The fourth-order valence-corrected chi connectivity index (χ4v) is 3.29. The zero-order valence-corrected chi connectivity index (χ0v) is 18.7. The Kier molecular flexibility index (Phi) is 8.25. The maximum atomic E-state index is 12.0. The first-order valence-electron chi connectivity index (χ1n) is 9.78. The third-order valence-electron chi connectivity index (χ3n) is 4.56. The molecule has 0 spiro atoms. The molecule has 1 atom stereocenters. The number of halogens is 2. The van der Waals surface area contributed by atoms with E-state index < -0.39 is 11.8 Å². The number of hydrazone groups is 1. The summed E-state index contributed by atoms with van der Waals surface area (Å²) in [5.74, 6) is -0.988. The van der Waals surface area contributed by atoms with Gasteiger partial charge in [0.05, 0.1) is 12.3 Å². The molecule has 32 heavy (non-hydrogen) atoms. The van der Waals surface area contributed by atoms with E-state index in [1.807, 2.05) is 30.3 Å². The van der Waals surface area contributed by atoms with Gasteiger partial charge >= 0.3 is 11.8 Å². The van der Waals surface area contributed by atoms with Crippen LogP contribution in [0.5, 0.6) is 5.75 Å². The number of nitrogens with zero attached hydrogens (tertiary/aromatic N) is 1. The van der Waals surface area contributed by atoms with Gasteiger partial charge in [0.15, 0.2) is 0 Å². The predicted octanol–water partition coefficient (Wildman–Crippen LogP) is 4.90. The van der Waals surface area contributed by atoms with Crippen molar-refractivity contribution in [1.29, 1.82) is 0 Å². The number of benzene rings is 3. The van der Waals surface area contributed by atoms with Crippen molar-refractivity contribution >= 4 is 41.2 Å². The molecule has 0 aliphatic heterocycles. The summed E-state index contributed by atoms with van der Waals surface area (Å²) in [6, 6.07) is 21.4. The maximum Gasteiger partial charge on any atom is 0.329 e. The van der Waals surface area contributed by atoms with Crippen molar-refractivity contribution in [3.8, 4) is 5.75 Å². The summed E-state index contributed by atoms with van der Waals surface area (Å²) in [5.41, 5.74) is 4.55. The first-order valence-corrected chi connectivity index (χ1v) is 10.5. The summed E-state index contributed by atoms with van der Waals surface area (Å²) in [6.45, 7) is 2.03. The van der Waals surface area contributed by atoms with E-state index in [1.54, 1.807) is 49.4 Å². The van der Waals surface area contributed by atoms with Gasteiger partial charge in [0.2, 0.25) is 0 Å². The van der Waals surface area contributed by atoms with Crippen molar-refractivity contribution in [3.63, 3.8) is 0 Å². The van der Waals surface area contributed by atoms with Crippen LogP contribution < -0.4 is 15.5 Å². The number of rotatable bonds is 7. The monoisotopic (exact) mass is 469 g/mol. The maximum absolute atomic E-state index is 12.0. The zero-order chi connectivity index (χ0) is 22.9. The second kappa shape index (κ2) is 11.3. The predicted molar refractivity (Wildman–Crippen MR) is 126 cm³/mol. The zero-order valence-electron chi connectivity index (χ0n) is 17.2. The Hall–Kier alpha value is -3.35. The van der Waals surface area contributed by atoms with Gasteiger partial charge in [0.25, 0.3) is 0 Å². The lowest BCUT2D eigenvalue weighted by Gasteiger charge is -2.13. The molecule has 0 radical (unpaired) electrons. The van der Waals surface area contributed by atoms with Gasteiger partial charge < -0.3 is 10.1 Å². The van der Waals surface area contributed by atoms with E-state index in [9.17, 15) is 9.59 Å². The summed E-state index contributed by atoms with van der Waals surface area (Å²) in [7, 11) is 0. The smallest absolute Gasteiger partial charge is 0.329 e. The molecule has 0 aliphatic carbocycles. The average Bonchev–Trinajstić information content (AvgIpc) is 2.80. The Morgan fingerprint density at radius 2 is 1.59 bits per heavy atom. The van der Waals surface area contributed by atoms with Crippen LogP contribution in [0.15, 0.2) is 77.9 Å². The van der Waals surface area contributed by atoms with Gasteiger partial charge in [0.1, 0.15) is 12.4 Å². The molecule has 3 aromatic carbocycles. The molecule has 3 rings (SSSR count). The molecule has 0 fully saturated rings. The van der Waals surface area contributed by atoms with Gasteiger partial charge in [-0.05, 0) is 54.4 Å². The van der Waals surface area contributed by atoms with Crippen molar-refractivity contribution in [2.75, 3.05) is 0 Å². The summed E-state index contributed by atoms with van der Waals surface area (Å²) >= 11 is 12.3. The molecule has 3 aromatic rings. The molecule has 0 aliphatic rings. The Balaban J connectivity index is 1.48. The molecule has 0 bridgehead atoms. The quantitative estimate of drug-likeness (QED) is 0.293. The van der Waals surface area contributed by atoms with Gasteiger partial charge in [-0.25, -0.2) is 5.43 Å². The standard InChI is InChI=1S/C24H21Cl2N3O3/c1-16(18-6-3-2-4-7-18)28-23(30)24(31)29-27-14-17-10-12-19(13-11-17)32-15-20-21(25)8-5-9-22(20)26/h2-14,16H,15H2,1H3,(H,28,30)(H,29,31)/b27-14-/t16-/m1/s1. The Morgan fingerprint density at radius 3 is 2.25 bits per heavy atom. The minimum atomic E-state index is -0.847. The van der Waals surface area contributed by atoms with Crippen LogP contribution in [0.3, 0.4) is 0 Å². The highest BCUT2D eigenvalue weighted by Crippen LogP contribution is 2.25. The van der Waals surface area contributed by atoms with E-state index in [0.717, 1.165) is 5.56 Å². The lowest BCUT2D eigenvalue weighted by Crippen LogP contribution is -2.39. The second-order valence-corrected chi connectivity index (χ2v) is 7.68. The van der Waals surface area contributed by atoms with Crippen LogP contribution in [-0.4, -0.2) is 18.0 Å². The molecule has 0 saturated heterocycles. The van der Waals surface area contributed by atoms with Gasteiger partial charge in [-0.1, -0.05) is 59.6 Å². The van der Waals surface area contributed by atoms with Gasteiger partial charge in [-0.2, -0.15) is 5.10 Å². The molecule has 0 unspecified atom stereocenters. The fourth-order valence-electron chi connectivity index (χ4n) is 2.78. The highest BCUT2D eigenvalue weighted by molar-refractivity contribution is 6.36. The van der Waals surface area contributed by atoms with Crippen molar-refractivity contribution < 1.29 is 14.3 Å². The summed E-state index contributed by atoms with van der Waals surface area (Å²) in [4.78, 5) is 24.0. The van der Waals surface area contributed by atoms with Crippen LogP contribution in [0.2, 0.25) is 10.0 Å². The van der Waals surface area contributed by atoms with E-state index in [4.69, 9.17) is 27.9 Å². The van der Waals surface area contributed by atoms with Crippen LogP contribution >= 0.6 is 23.2 Å². The van der Waals surface area contributed by atoms with E-state index in [0.29, 0.717) is 26.9 Å². The van der Waals surface area contributed by atoms with Crippen LogP contribution in [-0.2, 0) is 16.2 Å². The van der Waals surface area contributed by atoms with E-state index in [-0.39, 0.29) is 12.6 Å². The SMILES string of the molecule is C[C@@H](NC(=O)C(=O)N/N=C\c1ccc(OCc2c(Cl)cccc2Cl)cc1)c1ccccc1. The molecule has 6 nitrogen and oxygen atoms in total. The van der Waals surface area contributed by atoms with Crippen LogP contribution in [0.4, 0.5) is 0 Å². The van der Waals surface area contributed by atoms with Crippen molar-refractivity contribution in [2.45, 2.75) is 19.6 Å². The highest BCUT2D eigenvalue weighted by Gasteiger charge is 2.16. The highest BCUT2D eigenvalue weighted by atomic mass is 35.5. The number of hydrogen-bond donors (Lipinski definition) is 2. The van der Waals surface area contributed by atoms with Crippen LogP contribution in [0.1, 0.15) is 29.7 Å². The molecule has 0 saturated carbocycles. The number of carbonyl (C=O) groups is 2. The molecule has 0 aromatic heterocycles.